The molecule has 0 amide bonds. The molecular weight excluding hydrogens is 485 g/mol. The van der Waals surface area contributed by atoms with E-state index in [-0.39, 0.29) is 12.2 Å². The van der Waals surface area contributed by atoms with E-state index in [9.17, 15) is 14.7 Å². The van der Waals surface area contributed by atoms with E-state index in [2.05, 4.69) is 43.5 Å². The maximum absolute atomic E-state index is 12.6. The SMILES string of the molecule is O=C(CC(C(=O)O)c1c[nH]c2ccccc12)c1ccc(I)cc1Br. The molecule has 24 heavy (non-hydrogen) atoms. The fourth-order valence-corrected chi connectivity index (χ4v) is 4.24. The summed E-state index contributed by atoms with van der Waals surface area (Å²) < 4.78 is 1.69. The van der Waals surface area contributed by atoms with Crippen molar-refractivity contribution in [3.63, 3.8) is 0 Å². The van der Waals surface area contributed by atoms with Gasteiger partial charge in [0.1, 0.15) is 0 Å². The van der Waals surface area contributed by atoms with Crippen LogP contribution in [0.2, 0.25) is 0 Å². The summed E-state index contributed by atoms with van der Waals surface area (Å²) in [4.78, 5) is 27.5. The van der Waals surface area contributed by atoms with Gasteiger partial charge in [0.25, 0.3) is 0 Å². The predicted molar refractivity (Wildman–Crippen MR) is 104 cm³/mol. The number of benzene rings is 2. The first-order valence-corrected chi connectivity index (χ1v) is 9.11. The Hall–Kier alpha value is -1.67. The Morgan fingerprint density at radius 1 is 1.21 bits per heavy atom. The van der Waals surface area contributed by atoms with Crippen LogP contribution in [0.15, 0.2) is 53.1 Å². The molecule has 1 atom stereocenters. The van der Waals surface area contributed by atoms with Crippen LogP contribution in [0.25, 0.3) is 10.9 Å². The molecule has 6 heteroatoms. The second kappa shape index (κ2) is 7.06. The average molecular weight is 498 g/mol. The van der Waals surface area contributed by atoms with Crippen molar-refractivity contribution < 1.29 is 14.7 Å². The molecule has 2 N–H and O–H groups in total. The summed E-state index contributed by atoms with van der Waals surface area (Å²) in [6.07, 6.45) is 1.59. The highest BCUT2D eigenvalue weighted by Crippen LogP contribution is 2.30. The van der Waals surface area contributed by atoms with Gasteiger partial charge in [0.05, 0.1) is 5.92 Å². The molecule has 0 aliphatic heterocycles. The number of nitrogens with one attached hydrogen (secondary N) is 1. The van der Waals surface area contributed by atoms with Crippen LogP contribution in [-0.2, 0) is 4.79 Å². The predicted octanol–water partition coefficient (Wildman–Crippen LogP) is 4.98. The number of carbonyl (C=O) groups excluding carboxylic acids is 1. The summed E-state index contributed by atoms with van der Waals surface area (Å²) in [7, 11) is 0. The molecule has 0 radical (unpaired) electrons. The zero-order valence-electron chi connectivity index (χ0n) is 12.4. The molecule has 3 rings (SSSR count). The van der Waals surface area contributed by atoms with Gasteiger partial charge in [-0.3, -0.25) is 9.59 Å². The lowest BCUT2D eigenvalue weighted by molar-refractivity contribution is -0.138. The molecule has 0 saturated carbocycles. The van der Waals surface area contributed by atoms with Gasteiger partial charge in [0.15, 0.2) is 5.78 Å². The number of H-pyrrole nitrogens is 1. The lowest BCUT2D eigenvalue weighted by atomic mass is 9.91. The second-order valence-electron chi connectivity index (χ2n) is 5.43. The monoisotopic (exact) mass is 497 g/mol. The molecule has 3 aromatic rings. The zero-order chi connectivity index (χ0) is 17.3. The van der Waals surface area contributed by atoms with Crippen LogP contribution in [0.5, 0.6) is 0 Å². The maximum Gasteiger partial charge on any atom is 0.311 e. The van der Waals surface area contributed by atoms with Crippen molar-refractivity contribution in [1.29, 1.82) is 0 Å². The Bertz CT molecular complexity index is 935. The third-order valence-corrected chi connectivity index (χ3v) is 5.24. The number of halogens is 2. The molecule has 0 bridgehead atoms. The van der Waals surface area contributed by atoms with Gasteiger partial charge in [-0.1, -0.05) is 34.1 Å². The lowest BCUT2D eigenvalue weighted by Gasteiger charge is -2.12. The highest BCUT2D eigenvalue weighted by molar-refractivity contribution is 14.1. The van der Waals surface area contributed by atoms with Crippen molar-refractivity contribution in [3.8, 4) is 0 Å². The summed E-state index contributed by atoms with van der Waals surface area (Å²) in [6, 6.07) is 12.9. The fraction of sp³-hybridized carbons (Fsp3) is 0.111. The van der Waals surface area contributed by atoms with Crippen LogP contribution in [0.1, 0.15) is 28.3 Å². The molecule has 2 aromatic carbocycles. The Kier molecular flexibility index (Phi) is 5.05. The van der Waals surface area contributed by atoms with Gasteiger partial charge < -0.3 is 10.1 Å². The van der Waals surface area contributed by atoms with Crippen molar-refractivity contribution in [2.45, 2.75) is 12.3 Å². The zero-order valence-corrected chi connectivity index (χ0v) is 16.2. The molecule has 0 spiro atoms. The van der Waals surface area contributed by atoms with Crippen molar-refractivity contribution in [2.75, 3.05) is 0 Å². The summed E-state index contributed by atoms with van der Waals surface area (Å²) in [5, 5.41) is 10.5. The van der Waals surface area contributed by atoms with Gasteiger partial charge in [0, 0.05) is 37.1 Å². The van der Waals surface area contributed by atoms with Crippen LogP contribution in [0, 0.1) is 3.57 Å². The summed E-state index contributed by atoms with van der Waals surface area (Å²) in [5.41, 5.74) is 2.00. The smallest absolute Gasteiger partial charge is 0.311 e. The van der Waals surface area contributed by atoms with Gasteiger partial charge in [-0.15, -0.1) is 0 Å². The van der Waals surface area contributed by atoms with E-state index in [0.29, 0.717) is 15.6 Å². The highest BCUT2D eigenvalue weighted by Gasteiger charge is 2.27. The molecule has 1 aromatic heterocycles. The van der Waals surface area contributed by atoms with Gasteiger partial charge in [0.2, 0.25) is 0 Å². The fourth-order valence-electron chi connectivity index (χ4n) is 2.72. The minimum absolute atomic E-state index is 0.0869. The standard InChI is InChI=1S/C18H13BrINO3/c19-15-7-10(20)5-6-12(15)17(22)8-13(18(23)24)14-9-21-16-4-2-1-3-11(14)16/h1-7,9,13,21H,8H2,(H,23,24). The van der Waals surface area contributed by atoms with E-state index in [4.69, 9.17) is 0 Å². The van der Waals surface area contributed by atoms with Gasteiger partial charge in [-0.05, 0) is 52.4 Å². The summed E-state index contributed by atoms with van der Waals surface area (Å²) in [5.74, 6) is -2.09. The number of fused-ring (bicyclic) bond motifs is 1. The van der Waals surface area contributed by atoms with Crippen LogP contribution >= 0.6 is 38.5 Å². The first-order chi connectivity index (χ1) is 11.5. The molecule has 1 unspecified atom stereocenters. The third-order valence-electron chi connectivity index (χ3n) is 3.92. The number of aliphatic carboxylic acids is 1. The number of hydrogen-bond acceptors (Lipinski definition) is 2. The van der Waals surface area contributed by atoms with Crippen LogP contribution in [-0.4, -0.2) is 21.8 Å². The van der Waals surface area contributed by atoms with E-state index in [1.54, 1.807) is 12.3 Å². The first-order valence-electron chi connectivity index (χ1n) is 7.24. The molecule has 4 nitrogen and oxygen atoms in total. The van der Waals surface area contributed by atoms with Crippen LogP contribution in [0.4, 0.5) is 0 Å². The Labute approximate surface area is 160 Å². The van der Waals surface area contributed by atoms with E-state index in [1.165, 1.54) is 0 Å². The molecule has 0 saturated heterocycles. The number of aromatic amines is 1. The van der Waals surface area contributed by atoms with Crippen LogP contribution < -0.4 is 0 Å². The number of para-hydroxylation sites is 1. The number of carbonyl (C=O) groups is 2. The third kappa shape index (κ3) is 3.39. The lowest BCUT2D eigenvalue weighted by Crippen LogP contribution is -2.16. The largest absolute Gasteiger partial charge is 0.481 e. The van der Waals surface area contributed by atoms with Crippen LogP contribution in [0.3, 0.4) is 0 Å². The number of carboxylic acid groups (broad SMARTS) is 1. The number of Topliss-reactive ketones (excluding diaryl/α,β-unsaturated/α-hetero) is 1. The highest BCUT2D eigenvalue weighted by atomic mass is 127. The number of ketones is 1. The van der Waals surface area contributed by atoms with E-state index in [1.807, 2.05) is 36.4 Å². The molecule has 122 valence electrons. The van der Waals surface area contributed by atoms with Crippen molar-refractivity contribution >= 4 is 61.2 Å². The quantitative estimate of drug-likeness (QED) is 0.386. The van der Waals surface area contributed by atoms with E-state index in [0.717, 1.165) is 14.5 Å². The Balaban J connectivity index is 1.95. The Morgan fingerprint density at radius 2 is 1.96 bits per heavy atom. The molecule has 0 fully saturated rings. The number of rotatable bonds is 5. The summed E-state index contributed by atoms with van der Waals surface area (Å²) >= 11 is 5.54. The molecule has 0 aliphatic carbocycles. The maximum atomic E-state index is 12.6. The normalized spacial score (nSPS) is 12.2. The molecule has 1 heterocycles. The van der Waals surface area contributed by atoms with Crippen molar-refractivity contribution in [1.82, 2.24) is 4.98 Å². The Morgan fingerprint density at radius 3 is 2.67 bits per heavy atom. The first kappa shape index (κ1) is 17.2. The number of carboxylic acids is 1. The van der Waals surface area contributed by atoms with Crippen molar-refractivity contribution in [3.05, 3.63) is 67.8 Å². The van der Waals surface area contributed by atoms with Gasteiger partial charge >= 0.3 is 5.97 Å². The topological polar surface area (TPSA) is 70.2 Å². The number of hydrogen-bond donors (Lipinski definition) is 2. The minimum Gasteiger partial charge on any atom is -0.481 e. The molecule has 0 aliphatic rings. The molecular formula is C18H13BrINO3. The van der Waals surface area contributed by atoms with Crippen molar-refractivity contribution in [2.24, 2.45) is 0 Å². The van der Waals surface area contributed by atoms with E-state index < -0.39 is 11.9 Å². The summed E-state index contributed by atoms with van der Waals surface area (Å²) in [6.45, 7) is 0. The second-order valence-corrected chi connectivity index (χ2v) is 7.53. The number of aromatic nitrogens is 1. The minimum atomic E-state index is -1.00. The van der Waals surface area contributed by atoms with E-state index >= 15 is 0 Å². The van der Waals surface area contributed by atoms with Gasteiger partial charge in [-0.25, -0.2) is 0 Å². The average Bonchev–Trinajstić information content (AvgIpc) is 2.96. The van der Waals surface area contributed by atoms with Gasteiger partial charge in [-0.2, -0.15) is 0 Å².